The lowest BCUT2D eigenvalue weighted by Crippen LogP contribution is -2.31. The Hall–Kier alpha value is -2.50. The summed E-state index contributed by atoms with van der Waals surface area (Å²) in [6.45, 7) is 1.10. The van der Waals surface area contributed by atoms with E-state index in [4.69, 9.17) is 9.47 Å². The smallest absolute Gasteiger partial charge is 0.258 e. The summed E-state index contributed by atoms with van der Waals surface area (Å²) in [5.41, 5.74) is 0. The fourth-order valence-electron chi connectivity index (χ4n) is 1.67. The predicted octanol–water partition coefficient (Wildman–Crippen LogP) is 1.09. The van der Waals surface area contributed by atoms with Gasteiger partial charge in [0.15, 0.2) is 18.1 Å². The van der Waals surface area contributed by atoms with Crippen molar-refractivity contribution in [3.63, 3.8) is 0 Å². The first-order valence-corrected chi connectivity index (χ1v) is 6.29. The predicted molar refractivity (Wildman–Crippen MR) is 73.7 cm³/mol. The molecule has 0 saturated carbocycles. The molecular weight excluding hydrogens is 258 g/mol. The van der Waals surface area contributed by atoms with Gasteiger partial charge >= 0.3 is 0 Å². The number of aromatic nitrogens is 2. The summed E-state index contributed by atoms with van der Waals surface area (Å²) >= 11 is 0. The van der Waals surface area contributed by atoms with E-state index in [-0.39, 0.29) is 12.5 Å². The standard InChI is InChI=1S/C14H17N3O3/c1-19-12-5-2-3-6-13(12)20-11-14(18)15-8-10-17-9-4-7-16-17/h2-7,9H,8,10-11H2,1H3,(H,15,18). The third-order valence-electron chi connectivity index (χ3n) is 2.65. The van der Waals surface area contributed by atoms with E-state index in [0.717, 1.165) is 0 Å². The molecule has 6 nitrogen and oxygen atoms in total. The molecule has 0 bridgehead atoms. The molecule has 0 radical (unpaired) electrons. The van der Waals surface area contributed by atoms with Gasteiger partial charge in [-0.1, -0.05) is 12.1 Å². The maximum atomic E-state index is 11.6. The second-order valence-electron chi connectivity index (χ2n) is 4.06. The molecule has 2 rings (SSSR count). The summed E-state index contributed by atoms with van der Waals surface area (Å²) in [4.78, 5) is 11.6. The SMILES string of the molecule is COc1ccccc1OCC(=O)NCCn1cccn1. The van der Waals surface area contributed by atoms with Crippen LogP contribution in [0.1, 0.15) is 0 Å². The number of amides is 1. The van der Waals surface area contributed by atoms with Gasteiger partial charge in [-0.3, -0.25) is 9.48 Å². The lowest BCUT2D eigenvalue weighted by Gasteiger charge is -2.10. The Morgan fingerprint density at radius 3 is 2.80 bits per heavy atom. The number of carbonyl (C=O) groups is 1. The maximum absolute atomic E-state index is 11.6. The minimum absolute atomic E-state index is 0.0422. The first-order chi connectivity index (χ1) is 9.79. The third kappa shape index (κ3) is 4.01. The third-order valence-corrected chi connectivity index (χ3v) is 2.65. The summed E-state index contributed by atoms with van der Waals surface area (Å²) in [5.74, 6) is 0.983. The summed E-state index contributed by atoms with van der Waals surface area (Å²) in [7, 11) is 1.56. The average Bonchev–Trinajstić information content (AvgIpc) is 2.98. The van der Waals surface area contributed by atoms with E-state index in [1.807, 2.05) is 24.4 Å². The Labute approximate surface area is 117 Å². The molecule has 0 aliphatic carbocycles. The van der Waals surface area contributed by atoms with Crippen molar-refractivity contribution < 1.29 is 14.3 Å². The van der Waals surface area contributed by atoms with Crippen molar-refractivity contribution in [3.05, 3.63) is 42.7 Å². The normalized spacial score (nSPS) is 10.1. The molecule has 6 heteroatoms. The molecule has 1 amide bonds. The van der Waals surface area contributed by atoms with Crippen LogP contribution in [0.15, 0.2) is 42.7 Å². The Balaban J connectivity index is 1.72. The minimum Gasteiger partial charge on any atom is -0.493 e. The molecule has 0 fully saturated rings. The Morgan fingerprint density at radius 2 is 2.10 bits per heavy atom. The van der Waals surface area contributed by atoms with Gasteiger partial charge in [0.25, 0.3) is 5.91 Å². The molecule has 20 heavy (non-hydrogen) atoms. The topological polar surface area (TPSA) is 65.4 Å². The van der Waals surface area contributed by atoms with Crippen LogP contribution in [0.25, 0.3) is 0 Å². The van der Waals surface area contributed by atoms with E-state index in [9.17, 15) is 4.79 Å². The largest absolute Gasteiger partial charge is 0.493 e. The van der Waals surface area contributed by atoms with E-state index in [1.165, 1.54) is 0 Å². The minimum atomic E-state index is -0.178. The van der Waals surface area contributed by atoms with Gasteiger partial charge in [-0.05, 0) is 18.2 Å². The van der Waals surface area contributed by atoms with Crippen LogP contribution in [0.3, 0.4) is 0 Å². The van der Waals surface area contributed by atoms with Gasteiger partial charge in [0.1, 0.15) is 0 Å². The summed E-state index contributed by atoms with van der Waals surface area (Å²) in [6.07, 6.45) is 3.55. The molecule has 0 atom stereocenters. The van der Waals surface area contributed by atoms with Crippen molar-refractivity contribution in [2.24, 2.45) is 0 Å². The fourth-order valence-corrected chi connectivity index (χ4v) is 1.67. The van der Waals surface area contributed by atoms with E-state index in [0.29, 0.717) is 24.6 Å². The van der Waals surface area contributed by atoms with Crippen molar-refractivity contribution in [1.29, 1.82) is 0 Å². The Kier molecular flexibility index (Phi) is 5.00. The highest BCUT2D eigenvalue weighted by Crippen LogP contribution is 2.25. The zero-order valence-electron chi connectivity index (χ0n) is 11.3. The molecule has 1 heterocycles. The molecule has 0 saturated heterocycles. The zero-order chi connectivity index (χ0) is 14.2. The summed E-state index contributed by atoms with van der Waals surface area (Å²) in [6, 6.07) is 9.05. The number of nitrogens with zero attached hydrogens (tertiary/aromatic N) is 2. The number of hydrogen-bond acceptors (Lipinski definition) is 4. The Morgan fingerprint density at radius 1 is 1.30 bits per heavy atom. The van der Waals surface area contributed by atoms with Crippen molar-refractivity contribution in [3.8, 4) is 11.5 Å². The molecule has 0 unspecified atom stereocenters. The number of hydrogen-bond donors (Lipinski definition) is 1. The van der Waals surface area contributed by atoms with Crippen molar-refractivity contribution in [1.82, 2.24) is 15.1 Å². The highest BCUT2D eigenvalue weighted by atomic mass is 16.5. The van der Waals surface area contributed by atoms with Crippen LogP contribution in [0, 0.1) is 0 Å². The molecule has 0 spiro atoms. The van der Waals surface area contributed by atoms with Crippen LogP contribution >= 0.6 is 0 Å². The first-order valence-electron chi connectivity index (χ1n) is 6.29. The lowest BCUT2D eigenvalue weighted by molar-refractivity contribution is -0.123. The van der Waals surface area contributed by atoms with Gasteiger partial charge in [0, 0.05) is 18.9 Å². The van der Waals surface area contributed by atoms with Crippen LogP contribution in [0.4, 0.5) is 0 Å². The molecule has 1 aromatic carbocycles. The number of methoxy groups -OCH3 is 1. The van der Waals surface area contributed by atoms with Crippen molar-refractivity contribution in [2.75, 3.05) is 20.3 Å². The molecule has 0 aliphatic heterocycles. The highest BCUT2D eigenvalue weighted by molar-refractivity contribution is 5.77. The van der Waals surface area contributed by atoms with Crippen molar-refractivity contribution >= 4 is 5.91 Å². The van der Waals surface area contributed by atoms with E-state index < -0.39 is 0 Å². The average molecular weight is 275 g/mol. The number of benzene rings is 1. The van der Waals surface area contributed by atoms with Crippen LogP contribution in [0.2, 0.25) is 0 Å². The summed E-state index contributed by atoms with van der Waals surface area (Å²) < 4.78 is 12.3. The van der Waals surface area contributed by atoms with E-state index >= 15 is 0 Å². The van der Waals surface area contributed by atoms with Gasteiger partial charge in [-0.25, -0.2) is 0 Å². The van der Waals surface area contributed by atoms with Gasteiger partial charge in [-0.2, -0.15) is 5.10 Å². The van der Waals surface area contributed by atoms with Crippen LogP contribution in [-0.4, -0.2) is 35.9 Å². The monoisotopic (exact) mass is 275 g/mol. The molecule has 1 aromatic heterocycles. The fraction of sp³-hybridized carbons (Fsp3) is 0.286. The highest BCUT2D eigenvalue weighted by Gasteiger charge is 2.06. The van der Waals surface area contributed by atoms with Crippen LogP contribution < -0.4 is 14.8 Å². The van der Waals surface area contributed by atoms with Gasteiger partial charge in [-0.15, -0.1) is 0 Å². The lowest BCUT2D eigenvalue weighted by atomic mass is 10.3. The van der Waals surface area contributed by atoms with Crippen LogP contribution in [0.5, 0.6) is 11.5 Å². The number of carbonyl (C=O) groups excluding carboxylic acids is 1. The number of ether oxygens (including phenoxy) is 2. The molecule has 106 valence electrons. The zero-order valence-corrected chi connectivity index (χ0v) is 11.3. The number of nitrogens with one attached hydrogen (secondary N) is 1. The van der Waals surface area contributed by atoms with Gasteiger partial charge in [0.2, 0.25) is 0 Å². The Bertz CT molecular complexity index is 540. The second kappa shape index (κ2) is 7.18. The molecule has 0 aliphatic rings. The maximum Gasteiger partial charge on any atom is 0.258 e. The molecular formula is C14H17N3O3. The summed E-state index contributed by atoms with van der Waals surface area (Å²) in [5, 5.41) is 6.81. The van der Waals surface area contributed by atoms with Crippen LogP contribution in [-0.2, 0) is 11.3 Å². The number of para-hydroxylation sites is 2. The van der Waals surface area contributed by atoms with E-state index in [2.05, 4.69) is 10.4 Å². The van der Waals surface area contributed by atoms with Gasteiger partial charge < -0.3 is 14.8 Å². The number of rotatable bonds is 7. The quantitative estimate of drug-likeness (QED) is 0.821. The molecule has 1 N–H and O–H groups in total. The second-order valence-corrected chi connectivity index (χ2v) is 4.06. The molecule has 2 aromatic rings. The van der Waals surface area contributed by atoms with E-state index in [1.54, 1.807) is 30.1 Å². The first kappa shape index (κ1) is 13.9. The van der Waals surface area contributed by atoms with Gasteiger partial charge in [0.05, 0.1) is 13.7 Å². The van der Waals surface area contributed by atoms with Crippen molar-refractivity contribution in [2.45, 2.75) is 6.54 Å².